The molecule has 3 fully saturated rings. The van der Waals surface area contributed by atoms with Crippen molar-refractivity contribution in [1.82, 2.24) is 4.90 Å². The molecule has 3 aliphatic rings. The van der Waals surface area contributed by atoms with Crippen LogP contribution in [-0.4, -0.2) is 36.2 Å². The molecule has 16 heavy (non-hydrogen) atoms. The molecule has 92 valence electrons. The van der Waals surface area contributed by atoms with Crippen molar-refractivity contribution >= 4 is 0 Å². The van der Waals surface area contributed by atoms with Crippen LogP contribution in [0.15, 0.2) is 0 Å². The third kappa shape index (κ3) is 1.80. The van der Waals surface area contributed by atoms with Crippen molar-refractivity contribution in [2.75, 3.05) is 19.7 Å². The molecule has 1 saturated carbocycles. The normalized spacial score (nSPS) is 41.6. The van der Waals surface area contributed by atoms with E-state index in [0.717, 1.165) is 6.61 Å². The van der Waals surface area contributed by atoms with Gasteiger partial charge in [0.1, 0.15) is 0 Å². The lowest BCUT2D eigenvalue weighted by Gasteiger charge is -2.51. The number of morpholine rings is 1. The minimum absolute atomic E-state index is 0.450. The number of ether oxygens (including phenoxy) is 1. The Labute approximate surface area is 99.3 Å². The van der Waals surface area contributed by atoms with Crippen LogP contribution in [-0.2, 0) is 4.74 Å². The van der Waals surface area contributed by atoms with E-state index in [0.29, 0.717) is 11.6 Å². The van der Waals surface area contributed by atoms with E-state index >= 15 is 0 Å². The van der Waals surface area contributed by atoms with Gasteiger partial charge >= 0.3 is 0 Å². The molecule has 2 saturated heterocycles. The Bertz CT molecular complexity index is 217. The zero-order chi connectivity index (χ0) is 10.8. The molecule has 1 aliphatic carbocycles. The van der Waals surface area contributed by atoms with E-state index in [1.807, 2.05) is 0 Å². The van der Waals surface area contributed by atoms with Crippen LogP contribution in [0.1, 0.15) is 57.8 Å². The molecule has 2 heterocycles. The van der Waals surface area contributed by atoms with Gasteiger partial charge in [-0.25, -0.2) is 0 Å². The average molecular weight is 223 g/mol. The molecule has 0 aromatic rings. The summed E-state index contributed by atoms with van der Waals surface area (Å²) in [6.45, 7) is 3.50. The largest absolute Gasteiger partial charge is 0.375 e. The molecule has 0 aromatic heterocycles. The van der Waals surface area contributed by atoms with Crippen LogP contribution in [0.4, 0.5) is 0 Å². The van der Waals surface area contributed by atoms with Crippen molar-refractivity contribution in [3.05, 3.63) is 0 Å². The Hall–Kier alpha value is -0.0800. The van der Waals surface area contributed by atoms with Crippen molar-refractivity contribution in [2.45, 2.75) is 69.4 Å². The summed E-state index contributed by atoms with van der Waals surface area (Å²) in [5, 5.41) is 0. The van der Waals surface area contributed by atoms with Gasteiger partial charge in [-0.2, -0.15) is 0 Å². The lowest BCUT2D eigenvalue weighted by molar-refractivity contribution is -0.130. The Balaban J connectivity index is 1.88. The first-order valence-electron chi connectivity index (χ1n) is 7.28. The topological polar surface area (TPSA) is 12.5 Å². The molecular weight excluding hydrogens is 198 g/mol. The van der Waals surface area contributed by atoms with E-state index in [1.165, 1.54) is 70.9 Å². The van der Waals surface area contributed by atoms with Gasteiger partial charge in [0.25, 0.3) is 0 Å². The average Bonchev–Trinajstić information content (AvgIpc) is 2.63. The second-order valence-corrected chi connectivity index (χ2v) is 5.86. The van der Waals surface area contributed by atoms with E-state index < -0.39 is 0 Å². The second kappa shape index (κ2) is 4.66. The minimum atomic E-state index is 0.450. The van der Waals surface area contributed by atoms with Crippen molar-refractivity contribution in [2.24, 2.45) is 0 Å². The van der Waals surface area contributed by atoms with Crippen LogP contribution in [0.5, 0.6) is 0 Å². The van der Waals surface area contributed by atoms with Gasteiger partial charge in [-0.15, -0.1) is 0 Å². The van der Waals surface area contributed by atoms with Crippen molar-refractivity contribution < 1.29 is 4.74 Å². The predicted octanol–water partition coefficient (Wildman–Crippen LogP) is 2.96. The summed E-state index contributed by atoms with van der Waals surface area (Å²) in [6, 6.07) is 0. The molecular formula is C14H25NO. The highest BCUT2D eigenvalue weighted by Gasteiger charge is 2.47. The molecule has 3 rings (SSSR count). The summed E-state index contributed by atoms with van der Waals surface area (Å²) in [7, 11) is 0. The zero-order valence-corrected chi connectivity index (χ0v) is 10.4. The lowest BCUT2D eigenvalue weighted by Crippen LogP contribution is -2.61. The van der Waals surface area contributed by atoms with Crippen LogP contribution in [0, 0.1) is 0 Å². The molecule has 0 aromatic carbocycles. The molecule has 0 bridgehead atoms. The van der Waals surface area contributed by atoms with Crippen molar-refractivity contribution in [3.8, 4) is 0 Å². The fraction of sp³-hybridized carbons (Fsp3) is 1.00. The molecule has 0 radical (unpaired) electrons. The Kier molecular flexibility index (Phi) is 3.21. The van der Waals surface area contributed by atoms with Gasteiger partial charge in [0.15, 0.2) is 0 Å². The molecule has 0 amide bonds. The van der Waals surface area contributed by atoms with Crippen LogP contribution in [0.3, 0.4) is 0 Å². The number of hydrogen-bond acceptors (Lipinski definition) is 2. The fourth-order valence-corrected chi connectivity index (χ4v) is 4.18. The van der Waals surface area contributed by atoms with E-state index in [2.05, 4.69) is 4.90 Å². The van der Waals surface area contributed by atoms with Gasteiger partial charge in [-0.3, -0.25) is 4.90 Å². The summed E-state index contributed by atoms with van der Waals surface area (Å²) in [4.78, 5) is 2.81. The molecule has 0 N–H and O–H groups in total. The number of nitrogens with zero attached hydrogens (tertiary/aromatic N) is 1. The number of rotatable bonds is 0. The quantitative estimate of drug-likeness (QED) is 0.626. The van der Waals surface area contributed by atoms with E-state index in [1.54, 1.807) is 0 Å². The molecule has 2 nitrogen and oxygen atoms in total. The highest BCUT2D eigenvalue weighted by atomic mass is 16.5. The minimum Gasteiger partial charge on any atom is -0.375 e. The first kappa shape index (κ1) is 11.0. The van der Waals surface area contributed by atoms with Crippen molar-refractivity contribution in [1.29, 1.82) is 0 Å². The summed E-state index contributed by atoms with van der Waals surface area (Å²) in [5.41, 5.74) is 0.450. The highest BCUT2D eigenvalue weighted by Crippen LogP contribution is 2.42. The van der Waals surface area contributed by atoms with E-state index in [9.17, 15) is 0 Å². The Morgan fingerprint density at radius 1 is 0.875 bits per heavy atom. The van der Waals surface area contributed by atoms with Gasteiger partial charge in [0.05, 0.1) is 12.7 Å². The third-order valence-electron chi connectivity index (χ3n) is 5.02. The monoisotopic (exact) mass is 223 g/mol. The highest BCUT2D eigenvalue weighted by molar-refractivity contribution is 5.02. The summed E-state index contributed by atoms with van der Waals surface area (Å²) in [6.07, 6.45) is 13.2. The molecule has 2 unspecified atom stereocenters. The van der Waals surface area contributed by atoms with E-state index in [-0.39, 0.29) is 0 Å². The standard InChI is InChI=1S/C14H25NO/c1-3-7-13-14(8-4-1)9-5-2-6-10-15(14)11-12-16-13/h13H,1-12H2. The van der Waals surface area contributed by atoms with Gasteiger partial charge < -0.3 is 4.74 Å². The van der Waals surface area contributed by atoms with Crippen LogP contribution >= 0.6 is 0 Å². The van der Waals surface area contributed by atoms with Crippen molar-refractivity contribution in [3.63, 3.8) is 0 Å². The predicted molar refractivity (Wildman–Crippen MR) is 65.6 cm³/mol. The molecule has 2 heteroatoms. The van der Waals surface area contributed by atoms with Crippen LogP contribution in [0.2, 0.25) is 0 Å². The zero-order valence-electron chi connectivity index (χ0n) is 10.4. The summed E-state index contributed by atoms with van der Waals surface area (Å²) < 4.78 is 6.14. The smallest absolute Gasteiger partial charge is 0.0759 e. The summed E-state index contributed by atoms with van der Waals surface area (Å²) in [5.74, 6) is 0. The maximum atomic E-state index is 6.14. The van der Waals surface area contributed by atoms with Gasteiger partial charge in [0, 0.05) is 12.1 Å². The number of hydrogen-bond donors (Lipinski definition) is 0. The maximum Gasteiger partial charge on any atom is 0.0759 e. The molecule has 2 aliphatic heterocycles. The molecule has 2 atom stereocenters. The van der Waals surface area contributed by atoms with Gasteiger partial charge in [-0.1, -0.05) is 32.1 Å². The summed E-state index contributed by atoms with van der Waals surface area (Å²) >= 11 is 0. The Morgan fingerprint density at radius 2 is 1.69 bits per heavy atom. The van der Waals surface area contributed by atoms with Crippen LogP contribution in [0.25, 0.3) is 0 Å². The van der Waals surface area contributed by atoms with Gasteiger partial charge in [-0.05, 0) is 32.2 Å². The van der Waals surface area contributed by atoms with Gasteiger partial charge in [0.2, 0.25) is 0 Å². The second-order valence-electron chi connectivity index (χ2n) is 5.86. The lowest BCUT2D eigenvalue weighted by atomic mass is 9.80. The molecule has 1 spiro atoms. The SMILES string of the molecule is C1CCC2OCCN3CCCCCC23CC1. The van der Waals surface area contributed by atoms with E-state index in [4.69, 9.17) is 4.74 Å². The Morgan fingerprint density at radius 3 is 2.56 bits per heavy atom. The maximum absolute atomic E-state index is 6.14. The first-order chi connectivity index (χ1) is 7.92. The van der Waals surface area contributed by atoms with Crippen LogP contribution < -0.4 is 0 Å². The third-order valence-corrected chi connectivity index (χ3v) is 5.02. The fourth-order valence-electron chi connectivity index (χ4n) is 4.18. The first-order valence-corrected chi connectivity index (χ1v) is 7.28.